The lowest BCUT2D eigenvalue weighted by atomic mass is 9.89. The second-order valence-electron chi connectivity index (χ2n) is 6.06. The van der Waals surface area contributed by atoms with Gasteiger partial charge in [0.2, 0.25) is 5.89 Å². The average Bonchev–Trinajstić information content (AvgIpc) is 2.99. The van der Waals surface area contributed by atoms with Gasteiger partial charge in [-0.25, -0.2) is 0 Å². The Balaban J connectivity index is 1.65. The van der Waals surface area contributed by atoms with Crippen LogP contribution in [0.3, 0.4) is 0 Å². The topological polar surface area (TPSA) is 67.3 Å². The first-order chi connectivity index (χ1) is 10.0. The van der Waals surface area contributed by atoms with Crippen LogP contribution >= 0.6 is 0 Å². The first-order valence-corrected chi connectivity index (χ1v) is 7.38. The van der Waals surface area contributed by atoms with Crippen LogP contribution in [0.15, 0.2) is 22.9 Å². The van der Waals surface area contributed by atoms with Crippen molar-refractivity contribution in [1.82, 2.24) is 19.6 Å². The normalized spacial score (nSPS) is 23.6. The van der Waals surface area contributed by atoms with Gasteiger partial charge in [0.15, 0.2) is 5.82 Å². The molecule has 0 spiro atoms. The number of aliphatic hydroxyl groups is 1. The van der Waals surface area contributed by atoms with Gasteiger partial charge < -0.3 is 14.2 Å². The van der Waals surface area contributed by atoms with E-state index in [0.717, 1.165) is 25.9 Å². The van der Waals surface area contributed by atoms with E-state index in [1.165, 1.54) is 5.69 Å². The molecular formula is C15H22N4O2. The zero-order chi connectivity index (χ0) is 14.9. The van der Waals surface area contributed by atoms with Crippen molar-refractivity contribution in [1.29, 1.82) is 0 Å². The molecule has 1 aliphatic heterocycles. The number of β-amino-alcohol motifs (C(OH)–C–C–N with tert-alkyl or cyclic N) is 1. The molecule has 3 heterocycles. The molecule has 3 rings (SSSR count). The summed E-state index contributed by atoms with van der Waals surface area (Å²) in [7, 11) is 2.05. The number of likely N-dealkylation sites (tertiary alicyclic amines) is 1. The van der Waals surface area contributed by atoms with E-state index < -0.39 is 5.60 Å². The molecule has 1 atom stereocenters. The van der Waals surface area contributed by atoms with E-state index in [4.69, 9.17) is 4.52 Å². The largest absolute Gasteiger partial charge is 0.388 e. The SMILES string of the molecule is Cc1noc(CC2(O)CCCN(Cc3cccn3C)C2)n1. The van der Waals surface area contributed by atoms with Crippen molar-refractivity contribution in [2.75, 3.05) is 13.1 Å². The third-order valence-corrected chi connectivity index (χ3v) is 4.12. The van der Waals surface area contributed by atoms with Gasteiger partial charge in [-0.1, -0.05) is 5.16 Å². The van der Waals surface area contributed by atoms with Crippen molar-refractivity contribution >= 4 is 0 Å². The van der Waals surface area contributed by atoms with Gasteiger partial charge in [0.1, 0.15) is 0 Å². The summed E-state index contributed by atoms with van der Waals surface area (Å²) < 4.78 is 7.27. The van der Waals surface area contributed by atoms with Gasteiger partial charge in [-0.2, -0.15) is 4.98 Å². The summed E-state index contributed by atoms with van der Waals surface area (Å²) >= 11 is 0. The van der Waals surface area contributed by atoms with Gasteiger partial charge in [-0.05, 0) is 38.4 Å². The van der Waals surface area contributed by atoms with E-state index in [2.05, 4.69) is 25.7 Å². The first kappa shape index (κ1) is 14.3. The number of hydrogen-bond acceptors (Lipinski definition) is 5. The molecule has 0 aliphatic carbocycles. The fourth-order valence-corrected chi connectivity index (χ4v) is 3.07. The summed E-state index contributed by atoms with van der Waals surface area (Å²) in [4.78, 5) is 6.50. The smallest absolute Gasteiger partial charge is 0.229 e. The maximum Gasteiger partial charge on any atom is 0.229 e. The highest BCUT2D eigenvalue weighted by molar-refractivity contribution is 5.07. The summed E-state index contributed by atoms with van der Waals surface area (Å²) in [6.07, 6.45) is 4.23. The number of aromatic nitrogens is 3. The van der Waals surface area contributed by atoms with Crippen molar-refractivity contribution < 1.29 is 9.63 Å². The minimum Gasteiger partial charge on any atom is -0.388 e. The number of nitrogens with zero attached hydrogens (tertiary/aromatic N) is 4. The van der Waals surface area contributed by atoms with Gasteiger partial charge >= 0.3 is 0 Å². The van der Waals surface area contributed by atoms with E-state index in [0.29, 0.717) is 24.7 Å². The Bertz CT molecular complexity index is 606. The van der Waals surface area contributed by atoms with Crippen molar-refractivity contribution in [3.8, 4) is 0 Å². The Hall–Kier alpha value is -1.66. The molecule has 114 valence electrons. The molecule has 6 heteroatoms. The third kappa shape index (κ3) is 3.33. The second kappa shape index (κ2) is 5.61. The van der Waals surface area contributed by atoms with Gasteiger partial charge in [-0.3, -0.25) is 4.90 Å². The van der Waals surface area contributed by atoms with Gasteiger partial charge in [-0.15, -0.1) is 0 Å². The molecule has 2 aromatic heterocycles. The minimum absolute atomic E-state index is 0.428. The molecule has 21 heavy (non-hydrogen) atoms. The fraction of sp³-hybridized carbons (Fsp3) is 0.600. The molecule has 0 bridgehead atoms. The number of piperidine rings is 1. The van der Waals surface area contributed by atoms with E-state index in [-0.39, 0.29) is 0 Å². The Kier molecular flexibility index (Phi) is 3.82. The molecule has 1 saturated heterocycles. The molecule has 1 aliphatic rings. The Morgan fingerprint density at radius 2 is 2.33 bits per heavy atom. The van der Waals surface area contributed by atoms with E-state index in [9.17, 15) is 5.11 Å². The molecule has 2 aromatic rings. The van der Waals surface area contributed by atoms with Crippen LogP contribution in [-0.2, 0) is 20.0 Å². The predicted molar refractivity (Wildman–Crippen MR) is 77.6 cm³/mol. The van der Waals surface area contributed by atoms with Crippen LogP contribution in [-0.4, -0.2) is 43.4 Å². The van der Waals surface area contributed by atoms with E-state index >= 15 is 0 Å². The average molecular weight is 290 g/mol. The molecule has 0 amide bonds. The van der Waals surface area contributed by atoms with E-state index in [1.54, 1.807) is 6.92 Å². The lowest BCUT2D eigenvalue weighted by Crippen LogP contribution is -2.49. The molecule has 0 aromatic carbocycles. The number of aryl methyl sites for hydroxylation is 2. The van der Waals surface area contributed by atoms with Crippen LogP contribution in [0.2, 0.25) is 0 Å². The van der Waals surface area contributed by atoms with Crippen LogP contribution in [0.4, 0.5) is 0 Å². The van der Waals surface area contributed by atoms with Crippen molar-refractivity contribution in [2.24, 2.45) is 7.05 Å². The maximum absolute atomic E-state index is 10.8. The highest BCUT2D eigenvalue weighted by Gasteiger charge is 2.35. The van der Waals surface area contributed by atoms with Crippen LogP contribution in [0.1, 0.15) is 30.3 Å². The molecule has 1 fully saturated rings. The van der Waals surface area contributed by atoms with E-state index in [1.807, 2.05) is 19.3 Å². The monoisotopic (exact) mass is 290 g/mol. The van der Waals surface area contributed by atoms with Gasteiger partial charge in [0.25, 0.3) is 0 Å². The second-order valence-corrected chi connectivity index (χ2v) is 6.06. The highest BCUT2D eigenvalue weighted by Crippen LogP contribution is 2.26. The summed E-state index contributed by atoms with van der Waals surface area (Å²) in [5.74, 6) is 1.14. The zero-order valence-corrected chi connectivity index (χ0v) is 12.6. The molecule has 1 unspecified atom stereocenters. The van der Waals surface area contributed by atoms with Crippen LogP contribution < -0.4 is 0 Å². The molecule has 1 N–H and O–H groups in total. The molecule has 6 nitrogen and oxygen atoms in total. The lowest BCUT2D eigenvalue weighted by molar-refractivity contribution is -0.0378. The molecular weight excluding hydrogens is 268 g/mol. The van der Waals surface area contributed by atoms with Crippen LogP contribution in [0, 0.1) is 6.92 Å². The number of hydrogen-bond donors (Lipinski definition) is 1. The van der Waals surface area contributed by atoms with Crippen molar-refractivity contribution in [2.45, 2.75) is 38.3 Å². The zero-order valence-electron chi connectivity index (χ0n) is 12.6. The van der Waals surface area contributed by atoms with Crippen LogP contribution in [0.25, 0.3) is 0 Å². The van der Waals surface area contributed by atoms with Crippen LogP contribution in [0.5, 0.6) is 0 Å². The lowest BCUT2D eigenvalue weighted by Gasteiger charge is -2.38. The van der Waals surface area contributed by atoms with Crippen molar-refractivity contribution in [3.63, 3.8) is 0 Å². The predicted octanol–water partition coefficient (Wildman–Crippen LogP) is 1.29. The highest BCUT2D eigenvalue weighted by atomic mass is 16.5. The Morgan fingerprint density at radius 3 is 3.00 bits per heavy atom. The Labute approximate surface area is 124 Å². The third-order valence-electron chi connectivity index (χ3n) is 4.12. The van der Waals surface area contributed by atoms with Gasteiger partial charge in [0.05, 0.1) is 12.0 Å². The standard InChI is InChI=1S/C15H22N4O2/c1-12-16-14(21-17-12)9-15(20)6-4-8-19(11-15)10-13-5-3-7-18(13)2/h3,5,7,20H,4,6,8-11H2,1-2H3. The summed E-state index contributed by atoms with van der Waals surface area (Å²) in [5, 5.41) is 14.6. The minimum atomic E-state index is -0.775. The van der Waals surface area contributed by atoms with Gasteiger partial charge in [0, 0.05) is 32.0 Å². The summed E-state index contributed by atoms with van der Waals surface area (Å²) in [6, 6.07) is 4.17. The summed E-state index contributed by atoms with van der Waals surface area (Å²) in [6.45, 7) is 4.30. The first-order valence-electron chi connectivity index (χ1n) is 7.38. The summed E-state index contributed by atoms with van der Waals surface area (Å²) in [5.41, 5.74) is 0.482. The maximum atomic E-state index is 10.8. The quantitative estimate of drug-likeness (QED) is 0.919. The molecule has 0 saturated carbocycles. The molecule has 0 radical (unpaired) electrons. The fourth-order valence-electron chi connectivity index (χ4n) is 3.07. The Morgan fingerprint density at radius 1 is 1.48 bits per heavy atom. The van der Waals surface area contributed by atoms with Crippen molar-refractivity contribution in [3.05, 3.63) is 35.7 Å². The number of rotatable bonds is 4.